The molecule has 0 aliphatic carbocycles. The fourth-order valence-corrected chi connectivity index (χ4v) is 4.85. The van der Waals surface area contributed by atoms with Crippen LogP contribution in [0.15, 0.2) is 58.3 Å². The molecular weight excluding hydrogens is 238 g/mol. The number of fused-ring (bicyclic) bond motifs is 2. The van der Waals surface area contributed by atoms with Gasteiger partial charge in [0.1, 0.15) is 5.75 Å². The van der Waals surface area contributed by atoms with Crippen molar-refractivity contribution in [3.8, 4) is 0 Å². The minimum absolute atomic E-state index is 0.243. The molecule has 0 bridgehead atoms. The van der Waals surface area contributed by atoms with E-state index >= 15 is 0 Å². The van der Waals surface area contributed by atoms with Gasteiger partial charge in [0.15, 0.2) is 9.79 Å². The van der Waals surface area contributed by atoms with E-state index in [0.29, 0.717) is 0 Å². The molecule has 18 heavy (non-hydrogen) atoms. The van der Waals surface area contributed by atoms with Crippen molar-refractivity contribution in [3.63, 3.8) is 0 Å². The fraction of sp³-hybridized carbons (Fsp3) is 0.250. The average Bonchev–Trinajstić information content (AvgIpc) is 2.43. The van der Waals surface area contributed by atoms with Crippen LogP contribution in [0.25, 0.3) is 0 Å². The lowest BCUT2D eigenvalue weighted by Gasteiger charge is -2.20. The van der Waals surface area contributed by atoms with E-state index < -0.39 is 0 Å². The molecule has 0 saturated carbocycles. The highest BCUT2D eigenvalue weighted by Crippen LogP contribution is 2.40. The van der Waals surface area contributed by atoms with Gasteiger partial charge in [-0.1, -0.05) is 37.6 Å². The minimum Gasteiger partial charge on any atom is -0.347 e. The molecule has 0 amide bonds. The highest BCUT2D eigenvalue weighted by Gasteiger charge is 2.33. The average molecular weight is 256 g/mol. The Balaban J connectivity index is 2.05. The molecule has 0 atom stereocenters. The van der Waals surface area contributed by atoms with E-state index in [1.54, 1.807) is 0 Å². The maximum absolute atomic E-state index is 3.55. The monoisotopic (exact) mass is 256 g/mol. The predicted molar refractivity (Wildman–Crippen MR) is 79.8 cm³/mol. The molecule has 0 aromatic heterocycles. The van der Waals surface area contributed by atoms with Crippen molar-refractivity contribution in [1.82, 2.24) is 0 Å². The molecule has 2 aromatic carbocycles. The Kier molecular flexibility index (Phi) is 3.28. The van der Waals surface area contributed by atoms with Gasteiger partial charge in [-0.2, -0.15) is 0 Å². The number of benzene rings is 2. The molecular formula is C16H18NS+. The van der Waals surface area contributed by atoms with Crippen LogP contribution >= 0.6 is 0 Å². The van der Waals surface area contributed by atoms with Gasteiger partial charge in [-0.15, -0.1) is 0 Å². The third-order valence-electron chi connectivity index (χ3n) is 3.28. The lowest BCUT2D eigenvalue weighted by Crippen LogP contribution is -2.17. The van der Waals surface area contributed by atoms with Crippen molar-refractivity contribution >= 4 is 22.3 Å². The van der Waals surface area contributed by atoms with E-state index in [-0.39, 0.29) is 10.9 Å². The van der Waals surface area contributed by atoms with Crippen molar-refractivity contribution in [2.75, 3.05) is 11.1 Å². The van der Waals surface area contributed by atoms with Gasteiger partial charge >= 0.3 is 0 Å². The lowest BCUT2D eigenvalue weighted by molar-refractivity contribution is 0.891. The molecule has 0 saturated heterocycles. The van der Waals surface area contributed by atoms with Gasteiger partial charge in [0.05, 0.1) is 22.3 Å². The highest BCUT2D eigenvalue weighted by molar-refractivity contribution is 7.97. The van der Waals surface area contributed by atoms with Crippen LogP contribution in [0.5, 0.6) is 0 Å². The lowest BCUT2D eigenvalue weighted by atomic mass is 10.2. The summed E-state index contributed by atoms with van der Waals surface area (Å²) in [7, 11) is 0.243. The van der Waals surface area contributed by atoms with Crippen LogP contribution in [-0.4, -0.2) is 5.75 Å². The summed E-state index contributed by atoms with van der Waals surface area (Å²) in [5.41, 5.74) is 2.58. The van der Waals surface area contributed by atoms with Crippen LogP contribution in [-0.2, 0) is 10.9 Å². The van der Waals surface area contributed by atoms with Crippen molar-refractivity contribution < 1.29 is 0 Å². The zero-order valence-corrected chi connectivity index (χ0v) is 11.5. The summed E-state index contributed by atoms with van der Waals surface area (Å²) >= 11 is 0. The normalized spacial score (nSPS) is 13.6. The molecule has 92 valence electrons. The second kappa shape index (κ2) is 5.07. The first-order chi connectivity index (χ1) is 8.90. The second-order valence-electron chi connectivity index (χ2n) is 4.57. The van der Waals surface area contributed by atoms with E-state index in [0.717, 1.165) is 0 Å². The first kappa shape index (κ1) is 11.7. The van der Waals surface area contributed by atoms with Crippen molar-refractivity contribution in [3.05, 3.63) is 48.5 Å². The molecule has 0 fully saturated rings. The topological polar surface area (TPSA) is 12.0 Å². The van der Waals surface area contributed by atoms with Gasteiger partial charge in [-0.3, -0.25) is 0 Å². The van der Waals surface area contributed by atoms with Gasteiger partial charge in [0.25, 0.3) is 0 Å². The van der Waals surface area contributed by atoms with Crippen molar-refractivity contribution in [1.29, 1.82) is 0 Å². The molecule has 0 unspecified atom stereocenters. The van der Waals surface area contributed by atoms with E-state index in [1.165, 1.54) is 39.8 Å². The van der Waals surface area contributed by atoms with E-state index in [2.05, 4.69) is 60.8 Å². The van der Waals surface area contributed by atoms with Gasteiger partial charge in [0, 0.05) is 0 Å². The van der Waals surface area contributed by atoms with Crippen LogP contribution in [0, 0.1) is 0 Å². The van der Waals surface area contributed by atoms with Crippen LogP contribution in [0.3, 0.4) is 0 Å². The quantitative estimate of drug-likeness (QED) is 0.793. The number of unbranched alkanes of at least 4 members (excludes halogenated alkanes) is 1. The second-order valence-corrected chi connectivity index (χ2v) is 6.64. The maximum atomic E-state index is 3.55. The Bertz CT molecular complexity index is 505. The molecule has 0 spiro atoms. The summed E-state index contributed by atoms with van der Waals surface area (Å²) in [6.07, 6.45) is 2.56. The Morgan fingerprint density at radius 2 is 1.44 bits per heavy atom. The Morgan fingerprint density at radius 1 is 0.889 bits per heavy atom. The minimum atomic E-state index is 0.243. The molecule has 1 heterocycles. The van der Waals surface area contributed by atoms with Crippen LogP contribution < -0.4 is 5.32 Å². The first-order valence-electron chi connectivity index (χ1n) is 6.56. The Hall–Kier alpha value is -1.41. The number of hydrogen-bond acceptors (Lipinski definition) is 1. The van der Waals surface area contributed by atoms with Crippen molar-refractivity contribution in [2.45, 2.75) is 29.6 Å². The Labute approximate surface area is 112 Å². The number of rotatable bonds is 3. The third-order valence-corrected chi connectivity index (χ3v) is 5.75. The number of nitrogens with one attached hydrogen (secondary N) is 1. The molecule has 0 radical (unpaired) electrons. The van der Waals surface area contributed by atoms with E-state index in [1.807, 2.05) is 0 Å². The number of para-hydroxylation sites is 2. The summed E-state index contributed by atoms with van der Waals surface area (Å²) in [6.45, 7) is 2.27. The van der Waals surface area contributed by atoms with Gasteiger partial charge < -0.3 is 5.32 Å². The molecule has 1 aliphatic heterocycles. The van der Waals surface area contributed by atoms with Crippen LogP contribution in [0.1, 0.15) is 19.8 Å². The third kappa shape index (κ3) is 2.01. The largest absolute Gasteiger partial charge is 0.347 e. The van der Waals surface area contributed by atoms with E-state index in [9.17, 15) is 0 Å². The standard InChI is InChI=1S/C16H18NS/c1-2-3-12-18-15-10-6-4-8-13(15)17-14-9-5-7-11-16(14)18/h4-11,17H,2-3,12H2,1H3/q+1. The Morgan fingerprint density at radius 3 is 2.00 bits per heavy atom. The molecule has 2 heteroatoms. The maximum Gasteiger partial charge on any atom is 0.184 e. The van der Waals surface area contributed by atoms with E-state index in [4.69, 9.17) is 0 Å². The molecule has 1 N–H and O–H groups in total. The first-order valence-corrected chi connectivity index (χ1v) is 7.95. The summed E-state index contributed by atoms with van der Waals surface area (Å²) in [5.74, 6) is 1.27. The summed E-state index contributed by atoms with van der Waals surface area (Å²) < 4.78 is 0. The number of anilines is 2. The summed E-state index contributed by atoms with van der Waals surface area (Å²) in [5, 5.41) is 3.55. The molecule has 3 rings (SSSR count). The smallest absolute Gasteiger partial charge is 0.184 e. The summed E-state index contributed by atoms with van der Waals surface area (Å²) in [6, 6.07) is 17.5. The number of hydrogen-bond donors (Lipinski definition) is 1. The van der Waals surface area contributed by atoms with Gasteiger partial charge in [-0.25, -0.2) is 0 Å². The molecule has 2 aromatic rings. The SMILES string of the molecule is CCCC[S+]1c2ccccc2Nc2ccccc21. The van der Waals surface area contributed by atoms with Crippen LogP contribution in [0.2, 0.25) is 0 Å². The van der Waals surface area contributed by atoms with Gasteiger partial charge in [-0.05, 0) is 30.7 Å². The van der Waals surface area contributed by atoms with Crippen molar-refractivity contribution in [2.24, 2.45) is 0 Å². The predicted octanol–water partition coefficient (Wildman–Crippen LogP) is 4.58. The molecule has 1 aliphatic rings. The zero-order chi connectivity index (χ0) is 12.4. The molecule has 1 nitrogen and oxygen atoms in total. The summed E-state index contributed by atoms with van der Waals surface area (Å²) in [4.78, 5) is 2.95. The van der Waals surface area contributed by atoms with Gasteiger partial charge in [0.2, 0.25) is 0 Å². The fourth-order valence-electron chi connectivity index (χ4n) is 2.34. The highest BCUT2D eigenvalue weighted by atomic mass is 32.2. The zero-order valence-electron chi connectivity index (χ0n) is 10.6. The van der Waals surface area contributed by atoms with Crippen LogP contribution in [0.4, 0.5) is 11.4 Å².